The number of aliphatic hydroxyl groups excluding tert-OH is 1. The number of anilines is 1. The molecule has 1 aliphatic heterocycles. The number of piperidine rings is 1. The molecular formula is C22H27ClFN7O5S. The predicted octanol–water partition coefficient (Wildman–Crippen LogP) is 2.23. The number of sulfonamides is 1. The zero-order valence-corrected chi connectivity index (χ0v) is 21.9. The quantitative estimate of drug-likeness (QED) is 0.342. The zero-order valence-electron chi connectivity index (χ0n) is 20.3. The van der Waals surface area contributed by atoms with Crippen molar-refractivity contribution in [1.82, 2.24) is 29.1 Å². The van der Waals surface area contributed by atoms with Crippen molar-refractivity contribution < 1.29 is 27.8 Å². The second-order valence-electron chi connectivity index (χ2n) is 9.01. The molecule has 1 aromatic carbocycles. The lowest BCUT2D eigenvalue weighted by Crippen LogP contribution is -2.51. The molecule has 200 valence electrons. The fraction of sp³-hybridized carbons (Fsp3) is 0.455. The van der Waals surface area contributed by atoms with E-state index in [0.29, 0.717) is 23.3 Å². The van der Waals surface area contributed by atoms with E-state index in [0.717, 1.165) is 6.26 Å². The standard InChI is InChI=1S/C22H27ClFN7O5S/c1-11(8-26-22(33)34)31-12(2)27-20-15(24)6-13(7-17(20)31)19-14(23)9-25-21(29-19)28-16-4-5-30(10-18(16)32)37(3,35)36/h6-7,9,11,16,18,26,32H,4-5,8,10H2,1-3H3,(H,33,34)(H,25,28,29)/t11-,16-,18-/m1/s1. The molecule has 4 N–H and O–H groups in total. The van der Waals surface area contributed by atoms with Crippen LogP contribution in [0.25, 0.3) is 22.3 Å². The molecule has 1 amide bonds. The number of nitrogens with zero attached hydrogens (tertiary/aromatic N) is 5. The van der Waals surface area contributed by atoms with Gasteiger partial charge in [0, 0.05) is 25.2 Å². The van der Waals surface area contributed by atoms with E-state index in [1.54, 1.807) is 24.5 Å². The van der Waals surface area contributed by atoms with Gasteiger partial charge in [0.05, 0.1) is 46.9 Å². The average Bonchev–Trinajstić information content (AvgIpc) is 3.15. The van der Waals surface area contributed by atoms with Gasteiger partial charge in [0.1, 0.15) is 11.3 Å². The van der Waals surface area contributed by atoms with E-state index < -0.39 is 34.1 Å². The second-order valence-corrected chi connectivity index (χ2v) is 11.4. The van der Waals surface area contributed by atoms with Gasteiger partial charge in [-0.15, -0.1) is 0 Å². The maximum Gasteiger partial charge on any atom is 0.404 e. The summed E-state index contributed by atoms with van der Waals surface area (Å²) in [7, 11) is -3.42. The highest BCUT2D eigenvalue weighted by atomic mass is 35.5. The monoisotopic (exact) mass is 555 g/mol. The molecule has 0 bridgehead atoms. The third-order valence-corrected chi connectivity index (χ3v) is 7.81. The molecular weight excluding hydrogens is 529 g/mol. The van der Waals surface area contributed by atoms with E-state index in [2.05, 4.69) is 25.6 Å². The number of benzene rings is 1. The highest BCUT2D eigenvalue weighted by Crippen LogP contribution is 2.32. The van der Waals surface area contributed by atoms with Crippen molar-refractivity contribution in [3.8, 4) is 11.3 Å². The van der Waals surface area contributed by atoms with Gasteiger partial charge in [-0.3, -0.25) is 0 Å². The van der Waals surface area contributed by atoms with Crippen LogP contribution in [0.4, 0.5) is 15.1 Å². The van der Waals surface area contributed by atoms with Gasteiger partial charge in [0.2, 0.25) is 16.0 Å². The lowest BCUT2D eigenvalue weighted by molar-refractivity contribution is 0.0950. The van der Waals surface area contributed by atoms with E-state index in [1.807, 2.05) is 0 Å². The number of carboxylic acid groups (broad SMARTS) is 1. The Morgan fingerprint density at radius 3 is 2.73 bits per heavy atom. The zero-order chi connectivity index (χ0) is 27.1. The molecule has 0 saturated carbocycles. The Morgan fingerprint density at radius 1 is 1.35 bits per heavy atom. The number of halogens is 2. The van der Waals surface area contributed by atoms with Crippen molar-refractivity contribution >= 4 is 44.7 Å². The average molecular weight is 556 g/mol. The van der Waals surface area contributed by atoms with Gasteiger partial charge in [-0.1, -0.05) is 11.6 Å². The summed E-state index contributed by atoms with van der Waals surface area (Å²) in [5.41, 5.74) is 1.17. The Labute approximate surface area is 217 Å². The van der Waals surface area contributed by atoms with Crippen LogP contribution in [0.2, 0.25) is 5.02 Å². The Bertz CT molecular complexity index is 1450. The van der Waals surface area contributed by atoms with Crippen LogP contribution < -0.4 is 10.6 Å². The highest BCUT2D eigenvalue weighted by molar-refractivity contribution is 7.88. The molecule has 0 unspecified atom stereocenters. The van der Waals surface area contributed by atoms with E-state index >= 15 is 4.39 Å². The largest absolute Gasteiger partial charge is 0.465 e. The summed E-state index contributed by atoms with van der Waals surface area (Å²) < 4.78 is 41.6. The maximum atomic E-state index is 15.1. The van der Waals surface area contributed by atoms with Crippen LogP contribution in [0.5, 0.6) is 0 Å². The molecule has 1 saturated heterocycles. The minimum absolute atomic E-state index is 0.0584. The highest BCUT2D eigenvalue weighted by Gasteiger charge is 2.32. The fourth-order valence-corrected chi connectivity index (χ4v) is 5.53. The van der Waals surface area contributed by atoms with Gasteiger partial charge in [-0.05, 0) is 32.4 Å². The van der Waals surface area contributed by atoms with Crippen LogP contribution in [-0.4, -0.2) is 86.6 Å². The third kappa shape index (κ3) is 5.76. The van der Waals surface area contributed by atoms with E-state index in [-0.39, 0.29) is 47.9 Å². The number of nitrogens with one attached hydrogen (secondary N) is 2. The minimum Gasteiger partial charge on any atom is -0.465 e. The Balaban J connectivity index is 1.65. The van der Waals surface area contributed by atoms with Gasteiger partial charge >= 0.3 is 6.09 Å². The summed E-state index contributed by atoms with van der Waals surface area (Å²) in [6.07, 6.45) is 0.624. The third-order valence-electron chi connectivity index (χ3n) is 6.26. The van der Waals surface area contributed by atoms with Crippen LogP contribution in [0.3, 0.4) is 0 Å². The summed E-state index contributed by atoms with van der Waals surface area (Å²) in [5, 5.41) is 24.9. The molecule has 1 aliphatic rings. The number of hydrogen-bond donors (Lipinski definition) is 4. The van der Waals surface area contributed by atoms with E-state index in [4.69, 9.17) is 16.7 Å². The van der Waals surface area contributed by atoms with Gasteiger partial charge in [0.15, 0.2) is 5.82 Å². The molecule has 3 aromatic rings. The summed E-state index contributed by atoms with van der Waals surface area (Å²) >= 11 is 6.37. The Morgan fingerprint density at radius 2 is 2.08 bits per heavy atom. The number of amides is 1. The summed E-state index contributed by atoms with van der Waals surface area (Å²) in [5.74, 6) is 0.0530. The van der Waals surface area contributed by atoms with Crippen molar-refractivity contribution in [1.29, 1.82) is 0 Å². The molecule has 15 heteroatoms. The van der Waals surface area contributed by atoms with Crippen LogP contribution in [0, 0.1) is 12.7 Å². The predicted molar refractivity (Wildman–Crippen MR) is 136 cm³/mol. The number of β-amino-alcohol motifs (C(OH)–C–C–N with tert-alkyl or cyclic N) is 1. The number of rotatable bonds is 7. The second kappa shape index (κ2) is 10.4. The number of imidazole rings is 1. The summed E-state index contributed by atoms with van der Waals surface area (Å²) in [6.45, 7) is 3.76. The Kier molecular flexibility index (Phi) is 7.55. The molecule has 0 spiro atoms. The number of aliphatic hydroxyl groups is 1. The molecule has 12 nitrogen and oxygen atoms in total. The number of aromatic nitrogens is 4. The lowest BCUT2D eigenvalue weighted by Gasteiger charge is -2.34. The van der Waals surface area contributed by atoms with Gasteiger partial charge in [-0.2, -0.15) is 4.31 Å². The first-order valence-corrected chi connectivity index (χ1v) is 13.6. The van der Waals surface area contributed by atoms with Gasteiger partial charge in [-0.25, -0.2) is 32.6 Å². The number of carbonyl (C=O) groups is 1. The Hall–Kier alpha value is -3.07. The minimum atomic E-state index is -3.42. The van der Waals surface area contributed by atoms with Crippen LogP contribution in [-0.2, 0) is 10.0 Å². The van der Waals surface area contributed by atoms with Crippen molar-refractivity contribution in [3.63, 3.8) is 0 Å². The normalized spacial score (nSPS) is 19.6. The number of hydrogen-bond acceptors (Lipinski definition) is 8. The van der Waals surface area contributed by atoms with Crippen LogP contribution in [0.1, 0.15) is 25.2 Å². The van der Waals surface area contributed by atoms with E-state index in [9.17, 15) is 18.3 Å². The molecule has 0 aliphatic carbocycles. The number of fused-ring (bicyclic) bond motifs is 1. The fourth-order valence-electron chi connectivity index (χ4n) is 4.47. The first-order valence-electron chi connectivity index (χ1n) is 11.4. The summed E-state index contributed by atoms with van der Waals surface area (Å²) in [6, 6.07) is 2.08. The molecule has 4 rings (SSSR count). The van der Waals surface area contributed by atoms with Crippen molar-refractivity contribution in [2.24, 2.45) is 0 Å². The molecule has 1 fully saturated rings. The molecule has 0 radical (unpaired) electrons. The van der Waals surface area contributed by atoms with Gasteiger partial charge < -0.3 is 25.4 Å². The van der Waals surface area contributed by atoms with Crippen LogP contribution >= 0.6 is 11.6 Å². The van der Waals surface area contributed by atoms with Crippen molar-refractivity contribution in [3.05, 3.63) is 35.0 Å². The first kappa shape index (κ1) is 27.0. The molecule has 37 heavy (non-hydrogen) atoms. The maximum absolute atomic E-state index is 15.1. The van der Waals surface area contributed by atoms with Crippen molar-refractivity contribution in [2.75, 3.05) is 31.2 Å². The molecule has 3 heterocycles. The van der Waals surface area contributed by atoms with E-state index in [1.165, 1.54) is 16.6 Å². The molecule has 3 atom stereocenters. The van der Waals surface area contributed by atoms with Crippen LogP contribution in [0.15, 0.2) is 18.3 Å². The topological polar surface area (TPSA) is 163 Å². The lowest BCUT2D eigenvalue weighted by atomic mass is 10.0. The molecule has 2 aromatic heterocycles. The number of aryl methyl sites for hydroxylation is 1. The smallest absolute Gasteiger partial charge is 0.404 e. The summed E-state index contributed by atoms with van der Waals surface area (Å²) in [4.78, 5) is 23.8. The SMILES string of the molecule is Cc1nc2c(F)cc(-c3nc(N[C@@H]4CCN(S(C)(=O)=O)C[C@H]4O)ncc3Cl)cc2n1[C@H](C)CNC(=O)O. The first-order chi connectivity index (χ1) is 17.3. The van der Waals surface area contributed by atoms with Crippen molar-refractivity contribution in [2.45, 2.75) is 38.5 Å². The van der Waals surface area contributed by atoms with Gasteiger partial charge in [0.25, 0.3) is 0 Å².